The Labute approximate surface area is 507 Å². The third-order valence-electron chi connectivity index (χ3n) is 14.7. The SMILES string of the molecule is CC/C=C\C/C=C\C/C=C\C/C=C\C/C=C\C/C=C\C/C=C\C/C=C\CCCCCCC(=O)OCC(COC(=O)CCCCCCCC)OC(=O)CCCCCCCCCCCCCCCCCCC/C=C\C/C=C\CCCCCCC. The van der Waals surface area contributed by atoms with Crippen LogP contribution in [0, 0.1) is 0 Å². The number of ether oxygens (including phenoxy) is 3. The predicted octanol–water partition coefficient (Wildman–Crippen LogP) is 23.9. The molecule has 82 heavy (non-hydrogen) atoms. The van der Waals surface area contributed by atoms with Gasteiger partial charge in [0, 0.05) is 19.3 Å². The molecule has 0 fully saturated rings. The van der Waals surface area contributed by atoms with Crippen molar-refractivity contribution in [1.29, 1.82) is 0 Å². The molecular weight excluding hydrogens is 1010 g/mol. The summed E-state index contributed by atoms with van der Waals surface area (Å²) in [5, 5.41) is 0. The summed E-state index contributed by atoms with van der Waals surface area (Å²) < 4.78 is 16.8. The van der Waals surface area contributed by atoms with Crippen LogP contribution in [0.25, 0.3) is 0 Å². The molecule has 1 atom stereocenters. The first-order valence-electron chi connectivity index (χ1n) is 34.5. The minimum absolute atomic E-state index is 0.0863. The molecule has 0 bridgehead atoms. The summed E-state index contributed by atoms with van der Waals surface area (Å²) in [4.78, 5) is 38.1. The average molecular weight is 1140 g/mol. The van der Waals surface area contributed by atoms with Gasteiger partial charge in [0.2, 0.25) is 0 Å². The highest BCUT2D eigenvalue weighted by Crippen LogP contribution is 2.17. The van der Waals surface area contributed by atoms with E-state index in [0.29, 0.717) is 19.3 Å². The van der Waals surface area contributed by atoms with Crippen molar-refractivity contribution < 1.29 is 28.6 Å². The van der Waals surface area contributed by atoms with Gasteiger partial charge >= 0.3 is 17.9 Å². The monoisotopic (exact) mass is 1140 g/mol. The summed E-state index contributed by atoms with van der Waals surface area (Å²) in [7, 11) is 0. The fourth-order valence-corrected chi connectivity index (χ4v) is 9.55. The van der Waals surface area contributed by atoms with Crippen LogP contribution in [0.2, 0.25) is 0 Å². The molecule has 0 aliphatic heterocycles. The van der Waals surface area contributed by atoms with Crippen molar-refractivity contribution in [3.63, 3.8) is 0 Å². The predicted molar refractivity (Wildman–Crippen MR) is 357 cm³/mol. The van der Waals surface area contributed by atoms with Gasteiger partial charge in [-0.2, -0.15) is 0 Å². The Kier molecular flexibility index (Phi) is 65.8. The van der Waals surface area contributed by atoms with E-state index in [1.54, 1.807) is 0 Å². The summed E-state index contributed by atoms with van der Waals surface area (Å²) in [5.74, 6) is -0.915. The van der Waals surface area contributed by atoms with Gasteiger partial charge in [-0.1, -0.05) is 309 Å². The molecular formula is C76H128O6. The fraction of sp³-hybridized carbons (Fsp3) is 0.697. The second kappa shape index (κ2) is 69.3. The molecule has 0 radical (unpaired) electrons. The van der Waals surface area contributed by atoms with Crippen LogP contribution in [-0.2, 0) is 28.6 Å². The van der Waals surface area contributed by atoms with Crippen molar-refractivity contribution in [3.05, 3.63) is 122 Å². The van der Waals surface area contributed by atoms with E-state index in [1.807, 2.05) is 0 Å². The van der Waals surface area contributed by atoms with Gasteiger partial charge in [0.05, 0.1) is 0 Å². The van der Waals surface area contributed by atoms with Gasteiger partial charge in [0.15, 0.2) is 6.10 Å². The third-order valence-corrected chi connectivity index (χ3v) is 14.7. The molecule has 0 rings (SSSR count). The Morgan fingerprint density at radius 3 is 0.744 bits per heavy atom. The molecule has 0 heterocycles. The van der Waals surface area contributed by atoms with Crippen molar-refractivity contribution in [3.8, 4) is 0 Å². The lowest BCUT2D eigenvalue weighted by atomic mass is 10.0. The Hall–Kier alpha value is -4.19. The van der Waals surface area contributed by atoms with E-state index < -0.39 is 6.10 Å². The molecule has 0 saturated carbocycles. The zero-order valence-corrected chi connectivity index (χ0v) is 53.7. The van der Waals surface area contributed by atoms with Crippen LogP contribution in [0.3, 0.4) is 0 Å². The third kappa shape index (κ3) is 66.6. The fourth-order valence-electron chi connectivity index (χ4n) is 9.55. The lowest BCUT2D eigenvalue weighted by Crippen LogP contribution is -2.30. The van der Waals surface area contributed by atoms with Crippen LogP contribution in [0.4, 0.5) is 0 Å². The van der Waals surface area contributed by atoms with Crippen LogP contribution in [0.5, 0.6) is 0 Å². The first-order valence-corrected chi connectivity index (χ1v) is 34.5. The van der Waals surface area contributed by atoms with Gasteiger partial charge in [-0.15, -0.1) is 0 Å². The van der Waals surface area contributed by atoms with Crippen LogP contribution >= 0.6 is 0 Å². The van der Waals surface area contributed by atoms with E-state index in [2.05, 4.69) is 142 Å². The topological polar surface area (TPSA) is 78.9 Å². The Bertz CT molecular complexity index is 1690. The summed E-state index contributed by atoms with van der Waals surface area (Å²) in [6.45, 7) is 6.46. The van der Waals surface area contributed by atoms with Crippen LogP contribution in [0.15, 0.2) is 122 Å². The molecule has 0 aromatic rings. The van der Waals surface area contributed by atoms with Gasteiger partial charge in [-0.05, 0) is 116 Å². The molecule has 6 nitrogen and oxygen atoms in total. The molecule has 0 spiro atoms. The minimum atomic E-state index is -0.789. The van der Waals surface area contributed by atoms with Gasteiger partial charge < -0.3 is 14.2 Å². The number of carbonyl (C=O) groups excluding carboxylic acids is 3. The number of allylic oxidation sites excluding steroid dienone is 20. The second-order valence-electron chi connectivity index (χ2n) is 22.7. The van der Waals surface area contributed by atoms with Gasteiger partial charge in [-0.25, -0.2) is 0 Å². The normalized spacial score (nSPS) is 12.9. The van der Waals surface area contributed by atoms with Crippen molar-refractivity contribution >= 4 is 17.9 Å². The van der Waals surface area contributed by atoms with Gasteiger partial charge in [-0.3, -0.25) is 14.4 Å². The maximum absolute atomic E-state index is 12.9. The Balaban J connectivity index is 4.12. The number of esters is 3. The first kappa shape index (κ1) is 77.8. The van der Waals surface area contributed by atoms with E-state index in [1.165, 1.54) is 154 Å². The minimum Gasteiger partial charge on any atom is -0.462 e. The summed E-state index contributed by atoms with van der Waals surface area (Å²) >= 11 is 0. The van der Waals surface area contributed by atoms with Crippen molar-refractivity contribution in [2.24, 2.45) is 0 Å². The number of hydrogen-bond acceptors (Lipinski definition) is 6. The van der Waals surface area contributed by atoms with Crippen molar-refractivity contribution in [2.45, 2.75) is 329 Å². The van der Waals surface area contributed by atoms with Crippen LogP contribution < -0.4 is 0 Å². The molecule has 0 aliphatic rings. The molecule has 468 valence electrons. The highest BCUT2D eigenvalue weighted by molar-refractivity contribution is 5.71. The maximum Gasteiger partial charge on any atom is 0.306 e. The number of carbonyl (C=O) groups is 3. The van der Waals surface area contributed by atoms with E-state index >= 15 is 0 Å². The number of hydrogen-bond donors (Lipinski definition) is 0. The molecule has 0 aromatic heterocycles. The van der Waals surface area contributed by atoms with E-state index in [9.17, 15) is 14.4 Å². The zero-order valence-electron chi connectivity index (χ0n) is 53.7. The zero-order chi connectivity index (χ0) is 59.2. The summed E-state index contributed by atoms with van der Waals surface area (Å²) in [6, 6.07) is 0. The van der Waals surface area contributed by atoms with Crippen LogP contribution in [-0.4, -0.2) is 37.2 Å². The van der Waals surface area contributed by atoms with E-state index in [4.69, 9.17) is 14.2 Å². The Morgan fingerprint density at radius 1 is 0.256 bits per heavy atom. The average Bonchev–Trinajstić information content (AvgIpc) is 3.47. The maximum atomic E-state index is 12.9. The summed E-state index contributed by atoms with van der Waals surface area (Å²) in [6.07, 6.45) is 96.9. The number of rotatable bonds is 62. The van der Waals surface area contributed by atoms with E-state index in [-0.39, 0.29) is 31.1 Å². The molecule has 0 aromatic carbocycles. The van der Waals surface area contributed by atoms with Gasteiger partial charge in [0.1, 0.15) is 13.2 Å². The molecule has 0 amide bonds. The largest absolute Gasteiger partial charge is 0.462 e. The molecule has 0 aliphatic carbocycles. The lowest BCUT2D eigenvalue weighted by molar-refractivity contribution is -0.167. The summed E-state index contributed by atoms with van der Waals surface area (Å²) in [5.41, 5.74) is 0. The highest BCUT2D eigenvalue weighted by atomic mass is 16.6. The van der Waals surface area contributed by atoms with E-state index in [0.717, 1.165) is 128 Å². The molecule has 0 saturated heterocycles. The standard InChI is InChI=1S/C76H128O6/c1-4-7-10-13-16-18-20-22-24-26-28-30-32-34-36-38-40-42-44-46-48-50-52-54-56-58-60-63-66-69-75(78)81-72-73(71-80-74(77)68-65-62-15-12-9-6-3)82-76(79)70-67-64-61-59-57-55-53-51-49-47-45-43-41-39-37-35-33-31-29-27-25-23-21-19-17-14-11-8-5-2/h7,10,16,18,21-24,27-30,34,36,40,42,46,48,52,54,73H,4-6,8-9,11-15,17,19-20,25-26,31-33,35,37-39,41,43-45,47,49-51,53,55-72H2,1-3H3/b10-7-,18-16-,23-21-,24-22-,29-27-,30-28-,36-34-,42-40-,48-46-,54-52-. The second-order valence-corrected chi connectivity index (χ2v) is 22.7. The number of unbranched alkanes of at least 4 members (excludes halogenated alkanes) is 31. The lowest BCUT2D eigenvalue weighted by Gasteiger charge is -2.18. The highest BCUT2D eigenvalue weighted by Gasteiger charge is 2.19. The molecule has 1 unspecified atom stereocenters. The quantitative estimate of drug-likeness (QED) is 0.0261. The van der Waals surface area contributed by atoms with Crippen LogP contribution in [0.1, 0.15) is 323 Å². The van der Waals surface area contributed by atoms with Gasteiger partial charge in [0.25, 0.3) is 0 Å². The van der Waals surface area contributed by atoms with Crippen molar-refractivity contribution in [1.82, 2.24) is 0 Å². The van der Waals surface area contributed by atoms with Crippen molar-refractivity contribution in [2.75, 3.05) is 13.2 Å². The Morgan fingerprint density at radius 2 is 0.476 bits per heavy atom. The first-order chi connectivity index (χ1) is 40.5. The smallest absolute Gasteiger partial charge is 0.306 e. The molecule has 0 N–H and O–H groups in total. The molecule has 6 heteroatoms.